The number of rotatable bonds is 5. The van der Waals surface area contributed by atoms with E-state index in [1.807, 2.05) is 18.2 Å². The number of pyridine rings is 1. The van der Waals surface area contributed by atoms with Crippen molar-refractivity contribution in [3.8, 4) is 5.75 Å². The summed E-state index contributed by atoms with van der Waals surface area (Å²) in [6.07, 6.45) is 4.23. The molecular weight excluding hydrogens is 394 g/mol. The molecule has 1 saturated heterocycles. The van der Waals surface area contributed by atoms with E-state index < -0.39 is 0 Å². The van der Waals surface area contributed by atoms with E-state index in [-0.39, 0.29) is 17.3 Å². The van der Waals surface area contributed by atoms with Gasteiger partial charge in [-0.1, -0.05) is 6.07 Å². The number of anilines is 4. The van der Waals surface area contributed by atoms with Crippen molar-refractivity contribution in [2.24, 2.45) is 0 Å². The largest absolute Gasteiger partial charge is 0.497 e. The Kier molecular flexibility index (Phi) is 6.11. The zero-order chi connectivity index (χ0) is 21.6. The minimum atomic E-state index is -0.355. The summed E-state index contributed by atoms with van der Waals surface area (Å²) in [7, 11) is 1.59. The zero-order valence-electron chi connectivity index (χ0n) is 17.4. The fraction of sp³-hybridized carbons (Fsp3) is 0.273. The van der Waals surface area contributed by atoms with Crippen LogP contribution in [0.2, 0.25) is 0 Å². The van der Waals surface area contributed by atoms with Crippen molar-refractivity contribution in [3.05, 3.63) is 60.4 Å². The van der Waals surface area contributed by atoms with Crippen molar-refractivity contribution in [2.75, 3.05) is 54.1 Å². The van der Waals surface area contributed by atoms with E-state index >= 15 is 0 Å². The minimum Gasteiger partial charge on any atom is -0.497 e. The van der Waals surface area contributed by atoms with Crippen LogP contribution in [-0.2, 0) is 0 Å². The molecule has 3 aromatic rings. The normalized spacial score (nSPS) is 14.1. The lowest BCUT2D eigenvalue weighted by Crippen LogP contribution is -2.32. The fourth-order valence-corrected chi connectivity index (χ4v) is 3.47. The number of carbonyl (C=O) groups is 1. The first kappa shape index (κ1) is 20.4. The van der Waals surface area contributed by atoms with Gasteiger partial charge in [-0.2, -0.15) is 4.98 Å². The molecule has 3 N–H and O–H groups in total. The summed E-state index contributed by atoms with van der Waals surface area (Å²) >= 11 is 0. The van der Waals surface area contributed by atoms with Gasteiger partial charge in [0.2, 0.25) is 5.95 Å². The highest BCUT2D eigenvalue weighted by Crippen LogP contribution is 2.20. The van der Waals surface area contributed by atoms with Gasteiger partial charge < -0.3 is 25.6 Å². The average Bonchev–Trinajstić information content (AvgIpc) is 3.06. The van der Waals surface area contributed by atoms with E-state index in [1.54, 1.807) is 37.6 Å². The molecule has 1 fully saturated rings. The van der Waals surface area contributed by atoms with Crippen molar-refractivity contribution in [1.29, 1.82) is 0 Å². The van der Waals surface area contributed by atoms with Gasteiger partial charge in [0.05, 0.1) is 7.11 Å². The number of nitrogens with one attached hydrogen (secondary N) is 1. The Balaban J connectivity index is 1.42. The van der Waals surface area contributed by atoms with Crippen molar-refractivity contribution in [3.63, 3.8) is 0 Å². The molecule has 0 radical (unpaired) electrons. The van der Waals surface area contributed by atoms with Crippen LogP contribution < -0.4 is 25.6 Å². The number of hydrogen-bond acceptors (Lipinski definition) is 8. The van der Waals surface area contributed by atoms with E-state index in [4.69, 9.17) is 10.5 Å². The lowest BCUT2D eigenvalue weighted by molar-refractivity contribution is 0.102. The van der Waals surface area contributed by atoms with Crippen molar-refractivity contribution >= 4 is 29.2 Å². The van der Waals surface area contributed by atoms with Crippen molar-refractivity contribution in [1.82, 2.24) is 15.0 Å². The van der Waals surface area contributed by atoms with Gasteiger partial charge in [0, 0.05) is 44.3 Å². The third-order valence-corrected chi connectivity index (χ3v) is 5.15. The van der Waals surface area contributed by atoms with Crippen LogP contribution in [-0.4, -0.2) is 54.1 Å². The van der Waals surface area contributed by atoms with Crippen LogP contribution in [0.3, 0.4) is 0 Å². The summed E-state index contributed by atoms with van der Waals surface area (Å²) < 4.78 is 5.13. The molecule has 9 nitrogen and oxygen atoms in total. The predicted molar refractivity (Wildman–Crippen MR) is 121 cm³/mol. The van der Waals surface area contributed by atoms with Gasteiger partial charge in [-0.25, -0.2) is 9.97 Å². The van der Waals surface area contributed by atoms with Gasteiger partial charge in [0.25, 0.3) is 5.91 Å². The number of nitrogens with two attached hydrogens (primary N) is 1. The van der Waals surface area contributed by atoms with Crippen molar-refractivity contribution < 1.29 is 9.53 Å². The molecule has 0 saturated carbocycles. The number of aromatic nitrogens is 3. The molecule has 0 atom stereocenters. The second-order valence-corrected chi connectivity index (χ2v) is 7.17. The first-order chi connectivity index (χ1) is 15.1. The molecule has 1 aromatic carbocycles. The summed E-state index contributed by atoms with van der Waals surface area (Å²) in [4.78, 5) is 30.2. The predicted octanol–water partition coefficient (Wildman–Crippen LogP) is 2.43. The number of amides is 1. The van der Waals surface area contributed by atoms with Crippen molar-refractivity contribution in [2.45, 2.75) is 6.42 Å². The summed E-state index contributed by atoms with van der Waals surface area (Å²) in [5.41, 5.74) is 6.98. The monoisotopic (exact) mass is 419 g/mol. The molecular formula is C22H25N7O2. The smallest absolute Gasteiger partial charge is 0.260 e. The molecule has 9 heteroatoms. The average molecular weight is 419 g/mol. The number of ether oxygens (including phenoxy) is 1. The lowest BCUT2D eigenvalue weighted by Gasteiger charge is -2.23. The molecule has 0 unspecified atom stereocenters. The number of nitrogens with zero attached hydrogens (tertiary/aromatic N) is 5. The van der Waals surface area contributed by atoms with Crippen LogP contribution in [0.5, 0.6) is 5.75 Å². The first-order valence-electron chi connectivity index (χ1n) is 10.1. The molecule has 4 rings (SSSR count). The van der Waals surface area contributed by atoms with Gasteiger partial charge in [-0.3, -0.25) is 4.79 Å². The standard InChI is InChI=1S/C22H25N7O2/c1-31-17-8-6-16(7-9-17)26-21(30)18-15-25-22(27-20(18)23)29-12-4-11-28(13-14-29)19-5-2-3-10-24-19/h2-3,5-10,15H,4,11-14H2,1H3,(H,26,30)(H2,23,25,27). The summed E-state index contributed by atoms with van der Waals surface area (Å²) in [6.45, 7) is 3.26. The van der Waals surface area contributed by atoms with E-state index in [2.05, 4.69) is 30.1 Å². The third kappa shape index (κ3) is 4.82. The number of nitrogen functional groups attached to an aromatic ring is 1. The van der Waals surface area contributed by atoms with Gasteiger partial charge in [-0.05, 0) is 42.8 Å². The van der Waals surface area contributed by atoms with Crippen LogP contribution in [0, 0.1) is 0 Å². The summed E-state index contributed by atoms with van der Waals surface area (Å²) in [5.74, 6) is 2.01. The van der Waals surface area contributed by atoms with E-state index in [0.717, 1.165) is 38.4 Å². The maximum atomic E-state index is 12.6. The molecule has 1 aliphatic heterocycles. The molecule has 160 valence electrons. The Labute approximate surface area is 180 Å². The Morgan fingerprint density at radius 2 is 1.81 bits per heavy atom. The van der Waals surface area contributed by atoms with Gasteiger partial charge in [-0.15, -0.1) is 0 Å². The molecule has 0 bridgehead atoms. The van der Waals surface area contributed by atoms with Crippen LogP contribution in [0.25, 0.3) is 0 Å². The van der Waals surface area contributed by atoms with Crippen LogP contribution in [0.1, 0.15) is 16.8 Å². The third-order valence-electron chi connectivity index (χ3n) is 5.15. The van der Waals surface area contributed by atoms with Crippen LogP contribution in [0.4, 0.5) is 23.3 Å². The minimum absolute atomic E-state index is 0.154. The Hall–Kier alpha value is -3.88. The van der Waals surface area contributed by atoms with Crippen LogP contribution in [0.15, 0.2) is 54.9 Å². The van der Waals surface area contributed by atoms with Gasteiger partial charge in [0.15, 0.2) is 0 Å². The molecule has 0 aliphatic carbocycles. The zero-order valence-corrected chi connectivity index (χ0v) is 17.4. The Morgan fingerprint density at radius 3 is 2.52 bits per heavy atom. The van der Waals surface area contributed by atoms with E-state index in [0.29, 0.717) is 17.4 Å². The molecule has 3 heterocycles. The molecule has 0 spiro atoms. The molecule has 2 aromatic heterocycles. The molecule has 1 aliphatic rings. The lowest BCUT2D eigenvalue weighted by atomic mass is 10.2. The maximum Gasteiger partial charge on any atom is 0.260 e. The number of methoxy groups -OCH3 is 1. The second-order valence-electron chi connectivity index (χ2n) is 7.17. The highest BCUT2D eigenvalue weighted by atomic mass is 16.5. The number of hydrogen-bond donors (Lipinski definition) is 2. The SMILES string of the molecule is COc1ccc(NC(=O)c2cnc(N3CCCN(c4ccccn4)CC3)nc2N)cc1. The number of benzene rings is 1. The summed E-state index contributed by atoms with van der Waals surface area (Å²) in [5, 5.41) is 2.80. The van der Waals surface area contributed by atoms with Gasteiger partial charge >= 0.3 is 0 Å². The highest BCUT2D eigenvalue weighted by Gasteiger charge is 2.20. The quantitative estimate of drug-likeness (QED) is 0.649. The maximum absolute atomic E-state index is 12.6. The van der Waals surface area contributed by atoms with Crippen LogP contribution >= 0.6 is 0 Å². The Bertz CT molecular complexity index is 1030. The molecule has 1 amide bonds. The topological polar surface area (TPSA) is 110 Å². The van der Waals surface area contributed by atoms with Gasteiger partial charge in [0.1, 0.15) is 22.9 Å². The molecule has 31 heavy (non-hydrogen) atoms. The number of carbonyl (C=O) groups excluding carboxylic acids is 1. The van der Waals surface area contributed by atoms with E-state index in [9.17, 15) is 4.79 Å². The fourth-order valence-electron chi connectivity index (χ4n) is 3.47. The second kappa shape index (κ2) is 9.29. The Morgan fingerprint density at radius 1 is 1.03 bits per heavy atom. The first-order valence-corrected chi connectivity index (χ1v) is 10.1. The summed E-state index contributed by atoms with van der Waals surface area (Å²) in [6, 6.07) is 13.0. The van der Waals surface area contributed by atoms with E-state index in [1.165, 1.54) is 6.20 Å². The highest BCUT2D eigenvalue weighted by molar-refractivity contribution is 6.07.